The minimum atomic E-state index is -0.660. The Hall–Kier alpha value is -1.26. The Labute approximate surface area is 127 Å². The van der Waals surface area contributed by atoms with Gasteiger partial charge in [0, 0.05) is 11.5 Å². The molecule has 1 N–H and O–H groups in total. The largest absolute Gasteiger partial charge is 0.493 e. The number of aliphatic hydroxyl groups excluding tert-OH is 1. The Bertz CT molecular complexity index is 508. The Morgan fingerprint density at radius 2 is 1.86 bits per heavy atom. The predicted octanol–water partition coefficient (Wildman–Crippen LogP) is 3.33. The van der Waals surface area contributed by atoms with Gasteiger partial charge < -0.3 is 19.3 Å². The third kappa shape index (κ3) is 3.01. The maximum absolute atomic E-state index is 10.9. The monoisotopic (exact) mass is 294 g/mol. The van der Waals surface area contributed by atoms with E-state index in [1.807, 2.05) is 32.0 Å². The summed E-state index contributed by atoms with van der Waals surface area (Å²) < 4.78 is 16.8. The lowest BCUT2D eigenvalue weighted by Crippen LogP contribution is -2.32. The van der Waals surface area contributed by atoms with Gasteiger partial charge in [-0.2, -0.15) is 0 Å². The molecule has 2 rings (SSSR count). The Kier molecular flexibility index (Phi) is 4.22. The van der Waals surface area contributed by atoms with Crippen LogP contribution in [0.5, 0.6) is 11.5 Å². The van der Waals surface area contributed by atoms with Crippen molar-refractivity contribution in [2.24, 2.45) is 5.92 Å². The van der Waals surface area contributed by atoms with Crippen LogP contribution in [0.1, 0.15) is 45.8 Å². The zero-order valence-electron chi connectivity index (χ0n) is 13.8. The molecule has 2 unspecified atom stereocenters. The summed E-state index contributed by atoms with van der Waals surface area (Å²) in [4.78, 5) is 0. The summed E-state index contributed by atoms with van der Waals surface area (Å²) in [7, 11) is 3.19. The minimum Gasteiger partial charge on any atom is -0.493 e. The first-order chi connectivity index (χ1) is 9.72. The third-order valence-corrected chi connectivity index (χ3v) is 4.28. The molecule has 1 heterocycles. The topological polar surface area (TPSA) is 47.9 Å². The number of ether oxygens (including phenoxy) is 3. The molecule has 0 bridgehead atoms. The van der Waals surface area contributed by atoms with E-state index in [2.05, 4.69) is 13.8 Å². The highest BCUT2D eigenvalue weighted by Gasteiger charge is 2.49. The quantitative estimate of drug-likeness (QED) is 0.925. The highest BCUT2D eigenvalue weighted by molar-refractivity contribution is 5.48. The van der Waals surface area contributed by atoms with Gasteiger partial charge in [-0.05, 0) is 40.2 Å². The van der Waals surface area contributed by atoms with Crippen molar-refractivity contribution in [1.82, 2.24) is 0 Å². The van der Waals surface area contributed by atoms with Gasteiger partial charge in [0.1, 0.15) is 0 Å². The van der Waals surface area contributed by atoms with E-state index < -0.39 is 11.7 Å². The number of benzene rings is 1. The van der Waals surface area contributed by atoms with Crippen LogP contribution in [0.4, 0.5) is 0 Å². The number of rotatable bonds is 4. The van der Waals surface area contributed by atoms with Crippen molar-refractivity contribution in [3.8, 4) is 11.5 Å². The molecule has 0 amide bonds. The molecule has 0 aliphatic carbocycles. The molecule has 1 aromatic carbocycles. The highest BCUT2D eigenvalue weighted by atomic mass is 16.5. The fourth-order valence-corrected chi connectivity index (χ4v) is 3.46. The molecule has 4 heteroatoms. The zero-order valence-corrected chi connectivity index (χ0v) is 13.8. The standard InChI is InChI=1S/C17H26O4/c1-16(2)10-12(17(3,4)21-16)14(18)11-8-7-9-13(19-5)15(11)20-6/h7-9,12,14,18H,10H2,1-6H3. The molecule has 1 saturated heterocycles. The van der Waals surface area contributed by atoms with Crippen LogP contribution in [0.3, 0.4) is 0 Å². The van der Waals surface area contributed by atoms with E-state index in [-0.39, 0.29) is 11.5 Å². The average Bonchev–Trinajstić information content (AvgIpc) is 2.64. The molecule has 0 radical (unpaired) electrons. The van der Waals surface area contributed by atoms with E-state index in [9.17, 15) is 5.11 Å². The van der Waals surface area contributed by atoms with Crippen LogP contribution >= 0.6 is 0 Å². The van der Waals surface area contributed by atoms with Crippen molar-refractivity contribution < 1.29 is 19.3 Å². The number of aliphatic hydroxyl groups is 1. The van der Waals surface area contributed by atoms with Crippen LogP contribution in [-0.2, 0) is 4.74 Å². The lowest BCUT2D eigenvalue weighted by Gasteiger charge is -2.31. The van der Waals surface area contributed by atoms with E-state index in [0.717, 1.165) is 12.0 Å². The maximum Gasteiger partial charge on any atom is 0.166 e. The second-order valence-corrected chi connectivity index (χ2v) is 6.80. The van der Waals surface area contributed by atoms with Crippen LogP contribution in [0.25, 0.3) is 0 Å². The van der Waals surface area contributed by atoms with Crippen LogP contribution in [0, 0.1) is 5.92 Å². The van der Waals surface area contributed by atoms with E-state index in [1.54, 1.807) is 14.2 Å². The van der Waals surface area contributed by atoms with Crippen molar-refractivity contribution in [2.75, 3.05) is 14.2 Å². The van der Waals surface area contributed by atoms with E-state index in [0.29, 0.717) is 11.5 Å². The average molecular weight is 294 g/mol. The van der Waals surface area contributed by atoms with Gasteiger partial charge in [0.15, 0.2) is 11.5 Å². The second-order valence-electron chi connectivity index (χ2n) is 6.80. The highest BCUT2D eigenvalue weighted by Crippen LogP contribution is 2.49. The zero-order chi connectivity index (χ0) is 15.8. The van der Waals surface area contributed by atoms with Crippen LogP contribution < -0.4 is 9.47 Å². The molecule has 0 spiro atoms. The first kappa shape index (κ1) is 16.1. The number of methoxy groups -OCH3 is 2. The Balaban J connectivity index is 2.39. The summed E-state index contributed by atoms with van der Waals surface area (Å²) in [6, 6.07) is 5.58. The molecule has 1 aliphatic rings. The normalized spacial score (nSPS) is 24.6. The molecular formula is C17H26O4. The first-order valence-electron chi connectivity index (χ1n) is 7.31. The second kappa shape index (κ2) is 5.50. The molecule has 0 aromatic heterocycles. The maximum atomic E-state index is 10.9. The first-order valence-corrected chi connectivity index (χ1v) is 7.31. The van der Waals surface area contributed by atoms with Gasteiger partial charge in [-0.1, -0.05) is 12.1 Å². The summed E-state index contributed by atoms with van der Waals surface area (Å²) >= 11 is 0. The van der Waals surface area contributed by atoms with E-state index in [4.69, 9.17) is 14.2 Å². The van der Waals surface area contributed by atoms with Crippen molar-refractivity contribution in [3.05, 3.63) is 23.8 Å². The molecular weight excluding hydrogens is 268 g/mol. The van der Waals surface area contributed by atoms with Crippen molar-refractivity contribution in [2.45, 2.75) is 51.4 Å². The van der Waals surface area contributed by atoms with Gasteiger partial charge in [0.05, 0.1) is 31.5 Å². The molecule has 118 valence electrons. The lowest BCUT2D eigenvalue weighted by molar-refractivity contribution is -0.0881. The summed E-state index contributed by atoms with van der Waals surface area (Å²) in [5, 5.41) is 10.9. The van der Waals surface area contributed by atoms with Crippen LogP contribution in [0.2, 0.25) is 0 Å². The van der Waals surface area contributed by atoms with Crippen molar-refractivity contribution >= 4 is 0 Å². The molecule has 4 nitrogen and oxygen atoms in total. The minimum absolute atomic E-state index is 0.00601. The molecule has 1 aromatic rings. The van der Waals surface area contributed by atoms with Gasteiger partial charge in [-0.15, -0.1) is 0 Å². The van der Waals surface area contributed by atoms with Crippen molar-refractivity contribution in [1.29, 1.82) is 0 Å². The van der Waals surface area contributed by atoms with Crippen LogP contribution in [-0.4, -0.2) is 30.5 Å². The van der Waals surface area contributed by atoms with Gasteiger partial charge >= 0.3 is 0 Å². The lowest BCUT2D eigenvalue weighted by atomic mass is 9.80. The van der Waals surface area contributed by atoms with E-state index in [1.165, 1.54) is 0 Å². The van der Waals surface area contributed by atoms with E-state index >= 15 is 0 Å². The van der Waals surface area contributed by atoms with Gasteiger partial charge in [0.25, 0.3) is 0 Å². The third-order valence-electron chi connectivity index (χ3n) is 4.28. The van der Waals surface area contributed by atoms with Gasteiger partial charge in [-0.25, -0.2) is 0 Å². The fraction of sp³-hybridized carbons (Fsp3) is 0.647. The number of hydrogen-bond donors (Lipinski definition) is 1. The number of para-hydroxylation sites is 1. The molecule has 21 heavy (non-hydrogen) atoms. The van der Waals surface area contributed by atoms with Gasteiger partial charge in [0.2, 0.25) is 0 Å². The summed E-state index contributed by atoms with van der Waals surface area (Å²) in [5.74, 6) is 1.21. The van der Waals surface area contributed by atoms with Gasteiger partial charge in [-0.3, -0.25) is 0 Å². The molecule has 1 fully saturated rings. The number of hydrogen-bond acceptors (Lipinski definition) is 4. The Morgan fingerprint density at radius 3 is 2.33 bits per heavy atom. The predicted molar refractivity (Wildman–Crippen MR) is 81.9 cm³/mol. The Morgan fingerprint density at radius 1 is 1.19 bits per heavy atom. The smallest absolute Gasteiger partial charge is 0.166 e. The molecule has 0 saturated carbocycles. The van der Waals surface area contributed by atoms with Crippen molar-refractivity contribution in [3.63, 3.8) is 0 Å². The fourth-order valence-electron chi connectivity index (χ4n) is 3.46. The summed E-state index contributed by atoms with van der Waals surface area (Å²) in [6.07, 6.45) is 0.133. The molecule has 1 aliphatic heterocycles. The summed E-state index contributed by atoms with van der Waals surface area (Å²) in [6.45, 7) is 8.18. The van der Waals surface area contributed by atoms with Crippen LogP contribution in [0.15, 0.2) is 18.2 Å². The summed E-state index contributed by atoms with van der Waals surface area (Å²) in [5.41, 5.74) is 0.120. The molecule has 2 atom stereocenters. The SMILES string of the molecule is COc1cccc(C(O)C2CC(C)(C)OC2(C)C)c1OC.